The van der Waals surface area contributed by atoms with E-state index in [1.807, 2.05) is 0 Å². The summed E-state index contributed by atoms with van der Waals surface area (Å²) in [5.74, 6) is 0.244. The van der Waals surface area contributed by atoms with Crippen molar-refractivity contribution in [3.63, 3.8) is 0 Å². The minimum Gasteiger partial charge on any atom is -0.378 e. The Bertz CT molecular complexity index is 464. The average Bonchev–Trinajstić information content (AvgIpc) is 3.37. The zero-order valence-corrected chi connectivity index (χ0v) is 15.4. The van der Waals surface area contributed by atoms with Gasteiger partial charge in [-0.15, -0.1) is 0 Å². The van der Waals surface area contributed by atoms with Crippen LogP contribution in [0, 0.1) is 5.92 Å². The second kappa shape index (κ2) is 7.06. The lowest BCUT2D eigenvalue weighted by atomic mass is 9.68. The molecule has 0 aromatic rings. The normalized spacial score (nSPS) is 43.5. The third kappa shape index (κ3) is 3.57. The highest BCUT2D eigenvalue weighted by molar-refractivity contribution is 5.20. The molecule has 1 spiro atoms. The Morgan fingerprint density at radius 1 is 1.33 bits per heavy atom. The smallest absolute Gasteiger partial charge is 0.101 e. The highest BCUT2D eigenvalue weighted by Crippen LogP contribution is 2.59. The van der Waals surface area contributed by atoms with Gasteiger partial charge in [0.05, 0.1) is 42.5 Å². The van der Waals surface area contributed by atoms with Crippen molar-refractivity contribution >= 4 is 0 Å². The van der Waals surface area contributed by atoms with Crippen molar-refractivity contribution in [2.24, 2.45) is 5.92 Å². The fourth-order valence-electron chi connectivity index (χ4n) is 4.44. The molecule has 0 amide bonds. The van der Waals surface area contributed by atoms with Gasteiger partial charge in [0.15, 0.2) is 0 Å². The number of hydrogen-bond donors (Lipinski definition) is 0. The lowest BCUT2D eigenvalue weighted by Crippen LogP contribution is -2.55. The van der Waals surface area contributed by atoms with Crippen LogP contribution in [0.3, 0.4) is 0 Å². The summed E-state index contributed by atoms with van der Waals surface area (Å²) >= 11 is 0. The Morgan fingerprint density at radius 3 is 2.50 bits per heavy atom. The number of rotatable bonds is 6. The van der Waals surface area contributed by atoms with Crippen LogP contribution in [0.5, 0.6) is 0 Å². The Morgan fingerprint density at radius 2 is 2.00 bits per heavy atom. The van der Waals surface area contributed by atoms with E-state index in [0.29, 0.717) is 0 Å². The Balaban J connectivity index is 0.00000208. The van der Waals surface area contributed by atoms with Crippen LogP contribution in [0.4, 0.5) is 0 Å². The maximum Gasteiger partial charge on any atom is 0.101 e. The molecule has 2 saturated heterocycles. The van der Waals surface area contributed by atoms with E-state index >= 15 is 0 Å². The summed E-state index contributed by atoms with van der Waals surface area (Å²) in [6.45, 7) is 11.5. The fourth-order valence-corrected chi connectivity index (χ4v) is 4.44. The van der Waals surface area contributed by atoms with Gasteiger partial charge >= 0.3 is 0 Å². The summed E-state index contributed by atoms with van der Waals surface area (Å²) in [5, 5.41) is 0. The van der Waals surface area contributed by atoms with Gasteiger partial charge in [-0.25, -0.2) is 0 Å². The molecule has 0 bridgehead atoms. The quantitative estimate of drug-likeness (QED) is 0.539. The summed E-state index contributed by atoms with van der Waals surface area (Å²) in [6, 6.07) is 0. The van der Waals surface area contributed by atoms with Crippen molar-refractivity contribution in [1.29, 1.82) is 0 Å². The van der Waals surface area contributed by atoms with Crippen molar-refractivity contribution in [1.82, 2.24) is 0 Å². The zero-order chi connectivity index (χ0) is 16.8. The first-order valence-electron chi connectivity index (χ1n) is 8.96. The second-order valence-corrected chi connectivity index (χ2v) is 8.10. The van der Waals surface area contributed by atoms with Gasteiger partial charge < -0.3 is 18.9 Å². The van der Waals surface area contributed by atoms with Gasteiger partial charge in [0.25, 0.3) is 0 Å². The lowest BCUT2D eigenvalue weighted by Gasteiger charge is -2.43. The van der Waals surface area contributed by atoms with Crippen molar-refractivity contribution in [3.05, 3.63) is 11.6 Å². The van der Waals surface area contributed by atoms with E-state index < -0.39 is 0 Å². The molecule has 24 heavy (non-hydrogen) atoms. The summed E-state index contributed by atoms with van der Waals surface area (Å²) in [7, 11) is 1.80. The van der Waals surface area contributed by atoms with Gasteiger partial charge in [-0.05, 0) is 53.9 Å². The topological polar surface area (TPSA) is 43.5 Å². The molecule has 4 nitrogen and oxygen atoms in total. The molecule has 0 aromatic carbocycles. The van der Waals surface area contributed by atoms with Crippen LogP contribution in [0.25, 0.3) is 0 Å². The second-order valence-electron chi connectivity index (χ2n) is 8.10. The number of ether oxygens (including phenoxy) is 4. The number of epoxide rings is 2. The third-order valence-corrected chi connectivity index (χ3v) is 5.68. The van der Waals surface area contributed by atoms with Crippen LogP contribution in [-0.2, 0) is 18.9 Å². The molecule has 4 heteroatoms. The Labute approximate surface area is 147 Å². The predicted octanol–water partition coefficient (Wildman–Crippen LogP) is 4.12. The van der Waals surface area contributed by atoms with E-state index in [9.17, 15) is 0 Å². The van der Waals surface area contributed by atoms with Gasteiger partial charge in [-0.1, -0.05) is 19.1 Å². The molecule has 2 aliphatic heterocycles. The van der Waals surface area contributed by atoms with Gasteiger partial charge in [0, 0.05) is 7.11 Å². The van der Waals surface area contributed by atoms with E-state index in [1.54, 1.807) is 7.11 Å². The molecule has 0 N–H and O–H groups in total. The largest absolute Gasteiger partial charge is 0.378 e. The van der Waals surface area contributed by atoms with Crippen LogP contribution >= 0.6 is 0 Å². The molecular formula is C20H36O4. The van der Waals surface area contributed by atoms with Gasteiger partial charge in [0.1, 0.15) is 5.60 Å². The van der Waals surface area contributed by atoms with Crippen LogP contribution < -0.4 is 0 Å². The molecule has 3 rings (SSSR count). The van der Waals surface area contributed by atoms with Crippen molar-refractivity contribution in [2.75, 3.05) is 13.7 Å². The molecule has 0 aromatic heterocycles. The Hall–Kier alpha value is -0.420. The lowest BCUT2D eigenvalue weighted by molar-refractivity contribution is -0.151. The first kappa shape index (κ1) is 19.9. The summed E-state index contributed by atoms with van der Waals surface area (Å²) < 4.78 is 24.2. The first-order valence-corrected chi connectivity index (χ1v) is 8.96. The van der Waals surface area contributed by atoms with Crippen LogP contribution in [0.1, 0.15) is 61.3 Å². The van der Waals surface area contributed by atoms with Crippen molar-refractivity contribution in [3.8, 4) is 0 Å². The molecule has 3 aliphatic rings. The molecule has 140 valence electrons. The van der Waals surface area contributed by atoms with Crippen LogP contribution in [0.2, 0.25) is 0 Å². The molecule has 3 fully saturated rings. The molecule has 3 unspecified atom stereocenters. The number of allylic oxidation sites excluding steroid dienone is 1. The maximum atomic E-state index is 6.20. The molecule has 6 atom stereocenters. The molecular weight excluding hydrogens is 304 g/mol. The molecule has 2 heterocycles. The van der Waals surface area contributed by atoms with Gasteiger partial charge in [0.2, 0.25) is 0 Å². The first-order chi connectivity index (χ1) is 10.8. The highest BCUT2D eigenvalue weighted by atomic mass is 16.6. The summed E-state index contributed by atoms with van der Waals surface area (Å²) in [4.78, 5) is 0. The Kier molecular flexibility index (Phi) is 5.86. The van der Waals surface area contributed by atoms with Crippen molar-refractivity contribution in [2.45, 2.75) is 96.9 Å². The molecule has 1 saturated carbocycles. The summed E-state index contributed by atoms with van der Waals surface area (Å²) in [5.41, 5.74) is 1.13. The SMILES string of the molecule is C.COC1C(OC(C)C)CC[C@]2(CO2)C1[C@]1(C)O[C@@H]1CC=C(C)C. The minimum atomic E-state index is -0.165. The van der Waals surface area contributed by atoms with E-state index in [0.717, 1.165) is 25.9 Å². The number of methoxy groups -OCH3 is 1. The van der Waals surface area contributed by atoms with Gasteiger partial charge in [-0.2, -0.15) is 0 Å². The van der Waals surface area contributed by atoms with E-state index in [2.05, 4.69) is 40.7 Å². The zero-order valence-electron chi connectivity index (χ0n) is 15.4. The predicted molar refractivity (Wildman–Crippen MR) is 96.3 cm³/mol. The monoisotopic (exact) mass is 340 g/mol. The number of hydrogen-bond acceptors (Lipinski definition) is 4. The van der Waals surface area contributed by atoms with Gasteiger partial charge in [-0.3, -0.25) is 0 Å². The highest BCUT2D eigenvalue weighted by Gasteiger charge is 2.71. The standard InChI is InChI=1S/C19H32O4.CH4/c1-12(2)7-8-15-18(5,23-15)17-16(20-6)14(22-13(3)4)9-10-19(17)11-21-19;/h7,13-17H,8-11H2,1-6H3;1H4/t14?,15-,16?,17?,18-,19+;/m1./s1. The maximum absolute atomic E-state index is 6.20. The van der Waals surface area contributed by atoms with E-state index in [4.69, 9.17) is 18.9 Å². The minimum absolute atomic E-state index is 0. The average molecular weight is 341 g/mol. The van der Waals surface area contributed by atoms with Crippen LogP contribution in [0.15, 0.2) is 11.6 Å². The van der Waals surface area contributed by atoms with E-state index in [-0.39, 0.29) is 49.0 Å². The van der Waals surface area contributed by atoms with Crippen molar-refractivity contribution < 1.29 is 18.9 Å². The van der Waals surface area contributed by atoms with E-state index in [1.165, 1.54) is 5.57 Å². The van der Waals surface area contributed by atoms with Crippen LogP contribution in [-0.4, -0.2) is 49.3 Å². The molecule has 1 aliphatic carbocycles. The molecule has 0 radical (unpaired) electrons. The fraction of sp³-hybridized carbons (Fsp3) is 0.900. The summed E-state index contributed by atoms with van der Waals surface area (Å²) in [6.07, 6.45) is 5.92. The third-order valence-electron chi connectivity index (χ3n) is 5.68.